The number of aliphatic hydroxyl groups is 1. The number of fused-ring (bicyclic) bond motifs is 5. The van der Waals surface area contributed by atoms with Gasteiger partial charge in [0, 0.05) is 6.42 Å². The van der Waals surface area contributed by atoms with Gasteiger partial charge in [-0.05, 0) is 111 Å². The predicted molar refractivity (Wildman–Crippen MR) is 140 cm³/mol. The molecule has 36 heavy (non-hydrogen) atoms. The average Bonchev–Trinajstić information content (AvgIpc) is 3.17. The number of carbonyl (C=O) groups is 2. The highest BCUT2D eigenvalue weighted by molar-refractivity contribution is 6.67. The maximum absolute atomic E-state index is 12.2. The molecule has 0 aromatic heterocycles. The number of nitrogens with one attached hydrogen (secondary N) is 1. The van der Waals surface area contributed by atoms with Crippen molar-refractivity contribution in [2.45, 2.75) is 101 Å². The number of rotatable bonds is 5. The van der Waals surface area contributed by atoms with Crippen LogP contribution in [0.25, 0.3) is 0 Å². The van der Waals surface area contributed by atoms with Gasteiger partial charge >= 0.3 is 12.1 Å². The lowest BCUT2D eigenvalue weighted by molar-refractivity contribution is -0.150. The van der Waals surface area contributed by atoms with E-state index in [0.29, 0.717) is 28.6 Å². The molecule has 4 rings (SSSR count). The van der Waals surface area contributed by atoms with Gasteiger partial charge in [0.15, 0.2) is 0 Å². The Labute approximate surface area is 230 Å². The molecule has 4 fully saturated rings. The lowest BCUT2D eigenvalue weighted by Gasteiger charge is -2.61. The van der Waals surface area contributed by atoms with Gasteiger partial charge in [-0.3, -0.25) is 0 Å². The summed E-state index contributed by atoms with van der Waals surface area (Å²) in [5, 5.41) is 10.3. The molecule has 9 heteroatoms. The van der Waals surface area contributed by atoms with Crippen molar-refractivity contribution < 1.29 is 24.3 Å². The molecule has 4 aliphatic carbocycles. The maximum atomic E-state index is 12.2. The number of amides is 1. The molecule has 0 unspecified atom stereocenters. The quantitative estimate of drug-likeness (QED) is 0.277. The smallest absolute Gasteiger partial charge is 0.440 e. The molecule has 206 valence electrons. The lowest BCUT2D eigenvalue weighted by atomic mass is 9.44. The molecule has 6 nitrogen and oxygen atoms in total. The average molecular weight is 567 g/mol. The highest BCUT2D eigenvalue weighted by Gasteiger charge is 2.60. The minimum absolute atomic E-state index is 0.0980. The van der Waals surface area contributed by atoms with Gasteiger partial charge in [-0.2, -0.15) is 0 Å². The Morgan fingerprint density at radius 2 is 1.72 bits per heavy atom. The Bertz CT molecular complexity index is 822. The van der Waals surface area contributed by atoms with E-state index in [1.54, 1.807) is 0 Å². The third kappa shape index (κ3) is 5.92. The third-order valence-corrected chi connectivity index (χ3v) is 11.1. The summed E-state index contributed by atoms with van der Waals surface area (Å²) < 4.78 is 2.97. The zero-order chi connectivity index (χ0) is 26.3. The number of hydroxylamine groups is 1. The number of hydrogen-bond donors (Lipinski definition) is 2. The second-order valence-electron chi connectivity index (χ2n) is 12.6. The zero-order valence-corrected chi connectivity index (χ0v) is 24.0. The largest absolute Gasteiger partial charge is 0.443 e. The molecule has 0 aliphatic heterocycles. The normalized spacial score (nSPS) is 40.9. The van der Waals surface area contributed by atoms with Crippen LogP contribution in [0.3, 0.4) is 0 Å². The third-order valence-electron chi connectivity index (χ3n) is 10.8. The van der Waals surface area contributed by atoms with E-state index in [1.807, 2.05) is 5.48 Å². The van der Waals surface area contributed by atoms with Gasteiger partial charge in [-0.25, -0.2) is 9.59 Å². The van der Waals surface area contributed by atoms with Gasteiger partial charge in [0.2, 0.25) is 3.79 Å². The number of hydrogen-bond acceptors (Lipinski definition) is 5. The summed E-state index contributed by atoms with van der Waals surface area (Å²) in [6, 6.07) is 0. The van der Waals surface area contributed by atoms with Gasteiger partial charge < -0.3 is 14.7 Å². The van der Waals surface area contributed by atoms with E-state index in [9.17, 15) is 14.7 Å². The van der Waals surface area contributed by atoms with E-state index >= 15 is 0 Å². The summed E-state index contributed by atoms with van der Waals surface area (Å²) in [6.45, 7) is 6.87. The predicted octanol–water partition coefficient (Wildman–Crippen LogP) is 6.98. The van der Waals surface area contributed by atoms with Gasteiger partial charge in [0.25, 0.3) is 0 Å². The summed E-state index contributed by atoms with van der Waals surface area (Å²) in [5.74, 6) is 3.52. The second kappa shape index (κ2) is 11.0. The van der Waals surface area contributed by atoms with Crippen LogP contribution in [0.15, 0.2) is 0 Å². The number of aliphatic hydroxyl groups excluding tert-OH is 1. The molecule has 0 aromatic rings. The molecule has 0 aromatic carbocycles. The van der Waals surface area contributed by atoms with Crippen LogP contribution in [0.1, 0.15) is 91.4 Å². The van der Waals surface area contributed by atoms with E-state index in [2.05, 4.69) is 25.5 Å². The standard InChI is InChI=1S/C27H42Cl3NO5/c1-16(4-9-23(33)36-31-24(34)35-15-27(28,29)30)20-7-8-21-19-6-5-17-14-18(32)10-12-25(17,2)22(19)11-13-26(20,21)3/h16-22,32H,4-15H2,1-3H3,(H,31,34)/t16-,17-,18-,19+,20-,21+,22+,25+,26-/m1/s1. The molecule has 4 aliphatic rings. The minimum Gasteiger partial charge on any atom is -0.443 e. The monoisotopic (exact) mass is 565 g/mol. The van der Waals surface area contributed by atoms with E-state index < -0.39 is 22.5 Å². The van der Waals surface area contributed by atoms with E-state index in [4.69, 9.17) is 39.6 Å². The summed E-state index contributed by atoms with van der Waals surface area (Å²) in [7, 11) is 0. The van der Waals surface area contributed by atoms with Gasteiger partial charge in [-0.1, -0.05) is 55.6 Å². The zero-order valence-electron chi connectivity index (χ0n) is 21.7. The Morgan fingerprint density at radius 1 is 1.03 bits per heavy atom. The van der Waals surface area contributed by atoms with Crippen LogP contribution in [0, 0.1) is 46.3 Å². The minimum atomic E-state index is -1.72. The Kier molecular flexibility index (Phi) is 8.71. The molecule has 0 radical (unpaired) electrons. The highest BCUT2D eigenvalue weighted by Crippen LogP contribution is 2.68. The van der Waals surface area contributed by atoms with Crippen LogP contribution in [0.2, 0.25) is 0 Å². The first kappa shape index (κ1) is 28.6. The fourth-order valence-corrected chi connectivity index (χ4v) is 9.25. The Morgan fingerprint density at radius 3 is 2.44 bits per heavy atom. The SMILES string of the molecule is C[C@H](CCC(=O)ONC(=O)OCC(Cl)(Cl)Cl)[C@H]1CC[C@H]2[C@@H]3CC[C@@H]4C[C@H](O)CC[C@]4(C)[C@H]3CC[C@]12C. The first-order chi connectivity index (χ1) is 16.8. The van der Waals surface area contributed by atoms with Crippen molar-refractivity contribution in [1.82, 2.24) is 5.48 Å². The lowest BCUT2D eigenvalue weighted by Crippen LogP contribution is -2.54. The maximum Gasteiger partial charge on any atom is 0.440 e. The Balaban J connectivity index is 1.28. The fraction of sp³-hybridized carbons (Fsp3) is 0.926. The number of carbonyl (C=O) groups excluding carboxylic acids is 2. The first-order valence-electron chi connectivity index (χ1n) is 13.7. The molecule has 4 saturated carbocycles. The van der Waals surface area contributed by atoms with E-state index in [-0.39, 0.29) is 12.5 Å². The van der Waals surface area contributed by atoms with Crippen LogP contribution >= 0.6 is 34.8 Å². The first-order valence-corrected chi connectivity index (χ1v) is 14.8. The van der Waals surface area contributed by atoms with Gasteiger partial charge in [0.05, 0.1) is 6.10 Å². The van der Waals surface area contributed by atoms with Crippen LogP contribution in [-0.2, 0) is 14.4 Å². The summed E-state index contributed by atoms with van der Waals surface area (Å²) >= 11 is 16.6. The molecule has 0 heterocycles. The van der Waals surface area contributed by atoms with E-state index in [0.717, 1.165) is 37.0 Å². The summed E-state index contributed by atoms with van der Waals surface area (Å²) in [4.78, 5) is 28.6. The van der Waals surface area contributed by atoms with Crippen LogP contribution in [0.4, 0.5) is 4.79 Å². The fourth-order valence-electron chi connectivity index (χ4n) is 9.08. The van der Waals surface area contributed by atoms with Crippen molar-refractivity contribution in [3.8, 4) is 0 Å². The Hall–Kier alpha value is -0.430. The number of alkyl halides is 3. The van der Waals surface area contributed by atoms with Crippen LogP contribution < -0.4 is 5.48 Å². The van der Waals surface area contributed by atoms with Crippen molar-refractivity contribution in [2.24, 2.45) is 46.3 Å². The topological polar surface area (TPSA) is 84.9 Å². The number of ether oxygens (including phenoxy) is 1. The van der Waals surface area contributed by atoms with E-state index in [1.165, 1.54) is 44.9 Å². The van der Waals surface area contributed by atoms with Crippen molar-refractivity contribution in [3.05, 3.63) is 0 Å². The second-order valence-corrected chi connectivity index (χ2v) is 15.1. The molecule has 0 bridgehead atoms. The summed E-state index contributed by atoms with van der Waals surface area (Å²) in [5.41, 5.74) is 2.67. The van der Waals surface area contributed by atoms with Gasteiger partial charge in [-0.15, -0.1) is 5.48 Å². The van der Waals surface area contributed by atoms with Crippen molar-refractivity contribution >= 4 is 46.9 Å². The molecular formula is C27H42Cl3NO5. The van der Waals surface area contributed by atoms with Crippen molar-refractivity contribution in [2.75, 3.05) is 6.61 Å². The highest BCUT2D eigenvalue weighted by atomic mass is 35.6. The van der Waals surface area contributed by atoms with Crippen molar-refractivity contribution in [3.63, 3.8) is 0 Å². The molecule has 1 amide bonds. The molecule has 0 spiro atoms. The van der Waals surface area contributed by atoms with Crippen molar-refractivity contribution in [1.29, 1.82) is 0 Å². The van der Waals surface area contributed by atoms with Crippen LogP contribution in [-0.4, -0.2) is 33.7 Å². The number of halogens is 3. The van der Waals surface area contributed by atoms with Gasteiger partial charge in [0.1, 0.15) is 6.61 Å². The van der Waals surface area contributed by atoms with Crippen LogP contribution in [0.5, 0.6) is 0 Å². The summed E-state index contributed by atoms with van der Waals surface area (Å²) in [6.07, 6.45) is 10.7. The molecule has 9 atom stereocenters. The molecule has 0 saturated heterocycles. The molecule has 2 N–H and O–H groups in total. The molecular weight excluding hydrogens is 525 g/mol.